The van der Waals surface area contributed by atoms with E-state index in [1.807, 2.05) is 18.2 Å². The number of nitrogens with zero attached hydrogens (tertiary/aromatic N) is 1. The van der Waals surface area contributed by atoms with E-state index in [0.29, 0.717) is 12.0 Å². The van der Waals surface area contributed by atoms with E-state index in [9.17, 15) is 0 Å². The second-order valence-electron chi connectivity index (χ2n) is 4.44. The third kappa shape index (κ3) is 3.33. The van der Waals surface area contributed by atoms with E-state index in [2.05, 4.69) is 29.5 Å². The van der Waals surface area contributed by atoms with Crippen LogP contribution in [-0.2, 0) is 4.74 Å². The molecule has 0 spiro atoms. The van der Waals surface area contributed by atoms with Crippen molar-refractivity contribution in [2.75, 3.05) is 30.3 Å². The predicted molar refractivity (Wildman–Crippen MR) is 70.4 cm³/mol. The molecule has 4 nitrogen and oxygen atoms in total. The van der Waals surface area contributed by atoms with Crippen molar-refractivity contribution in [1.82, 2.24) is 4.98 Å². The van der Waals surface area contributed by atoms with Gasteiger partial charge in [-0.05, 0) is 32.4 Å². The highest BCUT2D eigenvalue weighted by Crippen LogP contribution is 2.20. The summed E-state index contributed by atoms with van der Waals surface area (Å²) in [5.74, 6) is 2.45. The fourth-order valence-corrected chi connectivity index (χ4v) is 2.09. The fraction of sp³-hybridized carbons (Fsp3) is 0.615. The number of ether oxygens (including phenoxy) is 1. The smallest absolute Gasteiger partial charge is 0.128 e. The number of anilines is 2. The van der Waals surface area contributed by atoms with Crippen molar-refractivity contribution in [1.29, 1.82) is 0 Å². The number of nitrogens with one attached hydrogen (secondary N) is 2. The van der Waals surface area contributed by atoms with Crippen molar-refractivity contribution in [3.05, 3.63) is 18.2 Å². The standard InChI is InChI=1S/C13H21N3O/c1-3-14-12-5-4-6-13(16-12)15-9-11-7-8-17-10(11)2/h4-6,10-11H,3,7-9H2,1-2H3,(H2,14,15,16). The van der Waals surface area contributed by atoms with Gasteiger partial charge in [-0.3, -0.25) is 0 Å². The van der Waals surface area contributed by atoms with Crippen molar-refractivity contribution in [3.8, 4) is 0 Å². The van der Waals surface area contributed by atoms with Crippen LogP contribution in [0.5, 0.6) is 0 Å². The van der Waals surface area contributed by atoms with E-state index in [1.54, 1.807) is 0 Å². The third-order valence-electron chi connectivity index (χ3n) is 3.19. The van der Waals surface area contributed by atoms with Gasteiger partial charge in [0.15, 0.2) is 0 Å². The van der Waals surface area contributed by atoms with Crippen molar-refractivity contribution >= 4 is 11.6 Å². The second kappa shape index (κ2) is 5.87. The Hall–Kier alpha value is -1.29. The maximum atomic E-state index is 5.54. The molecular formula is C13H21N3O. The lowest BCUT2D eigenvalue weighted by molar-refractivity contribution is 0.108. The largest absolute Gasteiger partial charge is 0.378 e. The van der Waals surface area contributed by atoms with Crippen molar-refractivity contribution in [2.24, 2.45) is 5.92 Å². The van der Waals surface area contributed by atoms with Crippen LogP contribution in [0.2, 0.25) is 0 Å². The van der Waals surface area contributed by atoms with Gasteiger partial charge < -0.3 is 15.4 Å². The van der Waals surface area contributed by atoms with Gasteiger partial charge in [0.05, 0.1) is 6.10 Å². The highest BCUT2D eigenvalue weighted by molar-refractivity contribution is 5.44. The summed E-state index contributed by atoms with van der Waals surface area (Å²) in [6.07, 6.45) is 1.50. The van der Waals surface area contributed by atoms with Gasteiger partial charge in [0.2, 0.25) is 0 Å². The van der Waals surface area contributed by atoms with Gasteiger partial charge in [0.25, 0.3) is 0 Å². The summed E-state index contributed by atoms with van der Waals surface area (Å²) in [7, 11) is 0. The maximum absolute atomic E-state index is 5.54. The molecule has 0 aromatic carbocycles. The Bertz CT molecular complexity index is 356. The molecule has 0 amide bonds. The normalized spacial score (nSPS) is 23.6. The van der Waals surface area contributed by atoms with Crippen LogP contribution >= 0.6 is 0 Å². The minimum Gasteiger partial charge on any atom is -0.378 e. The Morgan fingerprint density at radius 3 is 2.76 bits per heavy atom. The molecule has 2 atom stereocenters. The zero-order valence-electron chi connectivity index (χ0n) is 10.6. The summed E-state index contributed by atoms with van der Waals surface area (Å²) in [6.45, 7) is 6.92. The zero-order chi connectivity index (χ0) is 12.1. The van der Waals surface area contributed by atoms with Gasteiger partial charge in [0, 0.05) is 25.6 Å². The lowest BCUT2D eigenvalue weighted by Crippen LogP contribution is -2.21. The first-order chi connectivity index (χ1) is 8.29. The van der Waals surface area contributed by atoms with Crippen LogP contribution in [0.1, 0.15) is 20.3 Å². The van der Waals surface area contributed by atoms with E-state index in [-0.39, 0.29) is 0 Å². The van der Waals surface area contributed by atoms with E-state index >= 15 is 0 Å². The van der Waals surface area contributed by atoms with Gasteiger partial charge in [-0.1, -0.05) is 6.07 Å². The molecule has 4 heteroatoms. The lowest BCUT2D eigenvalue weighted by atomic mass is 10.0. The number of aromatic nitrogens is 1. The highest BCUT2D eigenvalue weighted by Gasteiger charge is 2.23. The van der Waals surface area contributed by atoms with Gasteiger partial charge in [-0.2, -0.15) is 0 Å². The molecule has 1 aromatic rings. The Kier molecular flexibility index (Phi) is 4.20. The van der Waals surface area contributed by atoms with Gasteiger partial charge in [0.1, 0.15) is 11.6 Å². The molecule has 1 aromatic heterocycles. The number of hydrogen-bond donors (Lipinski definition) is 2. The van der Waals surface area contributed by atoms with Crippen LogP contribution < -0.4 is 10.6 Å². The number of pyridine rings is 1. The number of hydrogen-bond acceptors (Lipinski definition) is 4. The molecule has 2 unspecified atom stereocenters. The van der Waals surface area contributed by atoms with Crippen LogP contribution in [-0.4, -0.2) is 30.8 Å². The minimum absolute atomic E-state index is 0.361. The van der Waals surface area contributed by atoms with E-state index in [4.69, 9.17) is 4.74 Å². The summed E-state index contributed by atoms with van der Waals surface area (Å²) in [6, 6.07) is 6.00. The molecule has 2 heterocycles. The van der Waals surface area contributed by atoms with Crippen LogP contribution in [0.25, 0.3) is 0 Å². The Balaban J connectivity index is 1.87. The summed E-state index contributed by atoms with van der Waals surface area (Å²) in [5, 5.41) is 6.59. The van der Waals surface area contributed by atoms with E-state index < -0.39 is 0 Å². The first-order valence-electron chi connectivity index (χ1n) is 6.36. The second-order valence-corrected chi connectivity index (χ2v) is 4.44. The zero-order valence-corrected chi connectivity index (χ0v) is 10.6. The Morgan fingerprint density at radius 2 is 2.12 bits per heavy atom. The quantitative estimate of drug-likeness (QED) is 0.822. The molecule has 1 aliphatic heterocycles. The molecule has 2 N–H and O–H groups in total. The van der Waals surface area contributed by atoms with Crippen LogP contribution in [0.3, 0.4) is 0 Å². The molecule has 94 valence electrons. The Labute approximate surface area is 103 Å². The van der Waals surface area contributed by atoms with Gasteiger partial charge in [-0.25, -0.2) is 4.98 Å². The van der Waals surface area contributed by atoms with Crippen LogP contribution in [0.15, 0.2) is 18.2 Å². The monoisotopic (exact) mass is 235 g/mol. The van der Waals surface area contributed by atoms with Gasteiger partial charge >= 0.3 is 0 Å². The fourth-order valence-electron chi connectivity index (χ4n) is 2.09. The Morgan fingerprint density at radius 1 is 1.35 bits per heavy atom. The molecular weight excluding hydrogens is 214 g/mol. The molecule has 1 saturated heterocycles. The average molecular weight is 235 g/mol. The minimum atomic E-state index is 0.361. The first kappa shape index (κ1) is 12.2. The van der Waals surface area contributed by atoms with E-state index in [1.165, 1.54) is 0 Å². The maximum Gasteiger partial charge on any atom is 0.128 e. The van der Waals surface area contributed by atoms with Crippen LogP contribution in [0, 0.1) is 5.92 Å². The molecule has 2 rings (SSSR count). The summed E-state index contributed by atoms with van der Waals surface area (Å²) in [4.78, 5) is 4.49. The third-order valence-corrected chi connectivity index (χ3v) is 3.19. The first-order valence-corrected chi connectivity index (χ1v) is 6.36. The van der Waals surface area contributed by atoms with Crippen molar-refractivity contribution < 1.29 is 4.74 Å². The van der Waals surface area contributed by atoms with Crippen molar-refractivity contribution in [3.63, 3.8) is 0 Å². The summed E-state index contributed by atoms with van der Waals surface area (Å²) >= 11 is 0. The number of rotatable bonds is 5. The van der Waals surface area contributed by atoms with Gasteiger partial charge in [-0.15, -0.1) is 0 Å². The molecule has 0 saturated carbocycles. The average Bonchev–Trinajstić information content (AvgIpc) is 2.73. The molecule has 17 heavy (non-hydrogen) atoms. The van der Waals surface area contributed by atoms with Crippen molar-refractivity contribution in [2.45, 2.75) is 26.4 Å². The summed E-state index contributed by atoms with van der Waals surface area (Å²) < 4.78 is 5.54. The lowest BCUT2D eigenvalue weighted by Gasteiger charge is -2.15. The topological polar surface area (TPSA) is 46.2 Å². The molecule has 0 bridgehead atoms. The molecule has 0 aliphatic carbocycles. The molecule has 1 aliphatic rings. The van der Waals surface area contributed by atoms with Crippen LogP contribution in [0.4, 0.5) is 11.6 Å². The van der Waals surface area contributed by atoms with E-state index in [0.717, 1.165) is 37.8 Å². The highest BCUT2D eigenvalue weighted by atomic mass is 16.5. The predicted octanol–water partition coefficient (Wildman–Crippen LogP) is 2.35. The molecule has 1 fully saturated rings. The summed E-state index contributed by atoms with van der Waals surface area (Å²) in [5.41, 5.74) is 0. The SMILES string of the molecule is CCNc1cccc(NCC2CCOC2C)n1. The molecule has 0 radical (unpaired) electrons.